The predicted molar refractivity (Wildman–Crippen MR) is 63.3 cm³/mol. The molecular weight excluding hydrogens is 186 g/mol. The molecule has 0 aliphatic carbocycles. The van der Waals surface area contributed by atoms with Crippen molar-refractivity contribution in [3.63, 3.8) is 0 Å². The molecule has 0 aliphatic rings. The maximum absolute atomic E-state index is 11.1. The Bertz CT molecular complexity index is 402. The average Bonchev–Trinajstić information content (AvgIpc) is 2.26. The number of aliphatic imine (C=N–C) groups is 1. The number of ketones is 1. The van der Waals surface area contributed by atoms with E-state index in [1.165, 1.54) is 0 Å². The van der Waals surface area contributed by atoms with Crippen LogP contribution in [0.5, 0.6) is 0 Å². The lowest BCUT2D eigenvalue weighted by Crippen LogP contribution is -2.01. The van der Waals surface area contributed by atoms with E-state index in [-0.39, 0.29) is 5.78 Å². The Morgan fingerprint density at radius 3 is 2.27 bits per heavy atom. The van der Waals surface area contributed by atoms with E-state index < -0.39 is 0 Å². The molecule has 1 rings (SSSR count). The minimum absolute atomic E-state index is 0.0760. The lowest BCUT2D eigenvalue weighted by atomic mass is 10.1. The van der Waals surface area contributed by atoms with Crippen molar-refractivity contribution in [1.29, 1.82) is 0 Å². The van der Waals surface area contributed by atoms with Crippen molar-refractivity contribution in [2.24, 2.45) is 4.99 Å². The number of hydrogen-bond acceptors (Lipinski definition) is 2. The molecule has 78 valence electrons. The standard InChI is InChI=1S/C13H15NO/c1-10(11(2)15)9-13(14-3)12-7-5-4-6-8-12/h4-9H,1-3H3/b10-9-,14-13?. The van der Waals surface area contributed by atoms with Gasteiger partial charge in [0.05, 0.1) is 5.71 Å². The summed E-state index contributed by atoms with van der Waals surface area (Å²) in [5.74, 6) is 0.0760. The first-order chi connectivity index (χ1) is 7.15. The fraction of sp³-hybridized carbons (Fsp3) is 0.231. The summed E-state index contributed by atoms with van der Waals surface area (Å²) >= 11 is 0. The third kappa shape index (κ3) is 3.17. The lowest BCUT2D eigenvalue weighted by Gasteiger charge is -2.01. The van der Waals surface area contributed by atoms with Gasteiger partial charge >= 0.3 is 0 Å². The van der Waals surface area contributed by atoms with Crippen molar-refractivity contribution in [3.05, 3.63) is 47.5 Å². The quantitative estimate of drug-likeness (QED) is 0.546. The number of nitrogens with zero attached hydrogens (tertiary/aromatic N) is 1. The predicted octanol–water partition coefficient (Wildman–Crippen LogP) is 2.64. The summed E-state index contributed by atoms with van der Waals surface area (Å²) in [6, 6.07) is 9.83. The zero-order chi connectivity index (χ0) is 11.3. The second kappa shape index (κ2) is 5.25. The molecular formula is C13H15NO. The van der Waals surface area contributed by atoms with Gasteiger partial charge in [0.15, 0.2) is 5.78 Å². The van der Waals surface area contributed by atoms with Crippen molar-refractivity contribution in [2.75, 3.05) is 7.05 Å². The van der Waals surface area contributed by atoms with E-state index >= 15 is 0 Å². The zero-order valence-corrected chi connectivity index (χ0v) is 9.32. The van der Waals surface area contributed by atoms with Gasteiger partial charge in [0.2, 0.25) is 0 Å². The lowest BCUT2D eigenvalue weighted by molar-refractivity contribution is -0.113. The van der Waals surface area contributed by atoms with Gasteiger partial charge in [-0.1, -0.05) is 30.3 Å². The second-order valence-corrected chi connectivity index (χ2v) is 3.36. The van der Waals surface area contributed by atoms with Gasteiger partial charge in [-0.15, -0.1) is 0 Å². The molecule has 0 fully saturated rings. The Kier molecular flexibility index (Phi) is 3.98. The summed E-state index contributed by atoms with van der Waals surface area (Å²) in [5, 5.41) is 0. The molecule has 2 heteroatoms. The molecule has 0 bridgehead atoms. The van der Waals surface area contributed by atoms with Crippen LogP contribution in [0, 0.1) is 0 Å². The number of carbonyl (C=O) groups is 1. The number of allylic oxidation sites excluding steroid dienone is 2. The summed E-state index contributed by atoms with van der Waals surface area (Å²) < 4.78 is 0. The van der Waals surface area contributed by atoms with E-state index in [2.05, 4.69) is 4.99 Å². The number of benzene rings is 1. The van der Waals surface area contributed by atoms with E-state index in [9.17, 15) is 4.79 Å². The molecule has 0 heterocycles. The van der Waals surface area contributed by atoms with Crippen LogP contribution in [0.2, 0.25) is 0 Å². The Labute approximate surface area is 90.4 Å². The molecule has 0 spiro atoms. The van der Waals surface area contributed by atoms with Gasteiger partial charge in [0.1, 0.15) is 0 Å². The number of hydrogen-bond donors (Lipinski definition) is 0. The first-order valence-corrected chi connectivity index (χ1v) is 4.86. The molecule has 1 aromatic carbocycles. The van der Waals surface area contributed by atoms with Crippen LogP contribution in [0.1, 0.15) is 19.4 Å². The fourth-order valence-corrected chi connectivity index (χ4v) is 1.19. The molecule has 0 amide bonds. The smallest absolute Gasteiger partial charge is 0.155 e. The van der Waals surface area contributed by atoms with Crippen molar-refractivity contribution >= 4 is 11.5 Å². The highest BCUT2D eigenvalue weighted by Crippen LogP contribution is 2.05. The van der Waals surface area contributed by atoms with Crippen LogP contribution < -0.4 is 0 Å². The normalized spacial score (nSPS) is 12.7. The molecule has 0 aliphatic heterocycles. The molecule has 0 radical (unpaired) electrons. The number of carbonyl (C=O) groups excluding carboxylic acids is 1. The Morgan fingerprint density at radius 2 is 1.80 bits per heavy atom. The minimum Gasteiger partial charge on any atom is -0.295 e. The first-order valence-electron chi connectivity index (χ1n) is 4.86. The van der Waals surface area contributed by atoms with Crippen molar-refractivity contribution in [3.8, 4) is 0 Å². The van der Waals surface area contributed by atoms with Gasteiger partial charge in [-0.05, 0) is 31.1 Å². The average molecular weight is 201 g/mol. The molecule has 1 aromatic rings. The maximum Gasteiger partial charge on any atom is 0.155 e. The zero-order valence-electron chi connectivity index (χ0n) is 9.32. The fourth-order valence-electron chi connectivity index (χ4n) is 1.19. The van der Waals surface area contributed by atoms with Crippen LogP contribution in [0.3, 0.4) is 0 Å². The molecule has 0 aromatic heterocycles. The molecule has 15 heavy (non-hydrogen) atoms. The molecule has 0 saturated heterocycles. The Morgan fingerprint density at radius 1 is 1.20 bits per heavy atom. The van der Waals surface area contributed by atoms with Crippen molar-refractivity contribution in [2.45, 2.75) is 13.8 Å². The second-order valence-electron chi connectivity index (χ2n) is 3.36. The van der Waals surface area contributed by atoms with Crippen LogP contribution in [-0.2, 0) is 4.79 Å². The third-order valence-electron chi connectivity index (χ3n) is 2.22. The molecule has 2 nitrogen and oxygen atoms in total. The van der Waals surface area contributed by atoms with Crippen LogP contribution in [0.15, 0.2) is 47.0 Å². The van der Waals surface area contributed by atoms with Crippen LogP contribution in [0.25, 0.3) is 0 Å². The van der Waals surface area contributed by atoms with Crippen molar-refractivity contribution in [1.82, 2.24) is 0 Å². The SMILES string of the molecule is CN=C(/C=C(/C)C(C)=O)c1ccccc1. The van der Waals surface area contributed by atoms with Gasteiger partial charge in [-0.25, -0.2) is 0 Å². The van der Waals surface area contributed by atoms with Crippen molar-refractivity contribution < 1.29 is 4.79 Å². The summed E-state index contributed by atoms with van der Waals surface area (Å²) in [7, 11) is 1.73. The van der Waals surface area contributed by atoms with E-state index in [1.54, 1.807) is 20.9 Å². The van der Waals surface area contributed by atoms with Gasteiger partial charge < -0.3 is 0 Å². The Hall–Kier alpha value is -1.70. The highest BCUT2D eigenvalue weighted by Gasteiger charge is 2.01. The summed E-state index contributed by atoms with van der Waals surface area (Å²) in [6.07, 6.45) is 1.82. The highest BCUT2D eigenvalue weighted by atomic mass is 16.1. The van der Waals surface area contributed by atoms with Gasteiger partial charge in [-0.3, -0.25) is 9.79 Å². The van der Waals surface area contributed by atoms with E-state index in [0.29, 0.717) is 0 Å². The molecule has 0 atom stereocenters. The number of rotatable bonds is 3. The molecule has 0 N–H and O–H groups in total. The van der Waals surface area contributed by atoms with Gasteiger partial charge in [0.25, 0.3) is 0 Å². The largest absolute Gasteiger partial charge is 0.295 e. The van der Waals surface area contributed by atoms with Gasteiger partial charge in [0, 0.05) is 7.05 Å². The maximum atomic E-state index is 11.1. The number of Topliss-reactive ketones (excluding diaryl/α,β-unsaturated/α-hetero) is 1. The molecule has 0 saturated carbocycles. The monoisotopic (exact) mass is 201 g/mol. The van der Waals surface area contributed by atoms with E-state index in [1.807, 2.05) is 36.4 Å². The first kappa shape index (κ1) is 11.4. The topological polar surface area (TPSA) is 29.4 Å². The minimum atomic E-state index is 0.0760. The summed E-state index contributed by atoms with van der Waals surface area (Å²) in [6.45, 7) is 3.36. The Balaban J connectivity index is 3.03. The summed E-state index contributed by atoms with van der Waals surface area (Å²) in [5.41, 5.74) is 2.59. The molecule has 0 unspecified atom stereocenters. The van der Waals surface area contributed by atoms with Gasteiger partial charge in [-0.2, -0.15) is 0 Å². The van der Waals surface area contributed by atoms with E-state index in [4.69, 9.17) is 0 Å². The van der Waals surface area contributed by atoms with Crippen LogP contribution in [-0.4, -0.2) is 18.5 Å². The van der Waals surface area contributed by atoms with Crippen LogP contribution in [0.4, 0.5) is 0 Å². The van der Waals surface area contributed by atoms with Crippen LogP contribution >= 0.6 is 0 Å². The third-order valence-corrected chi connectivity index (χ3v) is 2.22. The highest BCUT2D eigenvalue weighted by molar-refractivity contribution is 6.12. The summed E-state index contributed by atoms with van der Waals surface area (Å²) in [4.78, 5) is 15.3. The van der Waals surface area contributed by atoms with E-state index in [0.717, 1.165) is 16.8 Å².